The average molecular weight is 530 g/mol. The van der Waals surface area contributed by atoms with Crippen LogP contribution >= 0.6 is 20.0 Å². The van der Waals surface area contributed by atoms with E-state index in [9.17, 15) is 24.4 Å². The van der Waals surface area contributed by atoms with E-state index in [0.717, 1.165) is 4.57 Å². The molecule has 5 unspecified atom stereocenters. The van der Waals surface area contributed by atoms with Crippen molar-refractivity contribution in [2.24, 2.45) is 0 Å². The zero-order chi connectivity index (χ0) is 25.8. The zero-order valence-corrected chi connectivity index (χ0v) is 21.0. The standard InChI is InChI=1S/C21H28N3O9PS/c1-12(2)31-20(27)13(3)23-34(29,33-14-7-5-4-6-8-14)30-11-15-17(25)18(26)19(32-15)24-10-9-16(35)22-21(24)28/h4-10,12-13,15,17-19,25-26H,11H2,1-3H3,(H,23,29)(H,22,28,35)/t13-,15?,17?,18?,19?,34?/m0/s1. The molecule has 1 aliphatic rings. The summed E-state index contributed by atoms with van der Waals surface area (Å²) in [6.45, 7) is 4.27. The number of rotatable bonds is 10. The van der Waals surface area contributed by atoms with E-state index in [1.807, 2.05) is 0 Å². The molecule has 1 aromatic heterocycles. The lowest BCUT2D eigenvalue weighted by molar-refractivity contribution is -0.149. The number of hydrogen-bond donors (Lipinski definition) is 4. The van der Waals surface area contributed by atoms with Crippen molar-refractivity contribution in [2.75, 3.05) is 6.61 Å². The highest BCUT2D eigenvalue weighted by Gasteiger charge is 2.45. The maximum Gasteiger partial charge on any atom is 0.459 e. The van der Waals surface area contributed by atoms with Gasteiger partial charge in [0, 0.05) is 6.20 Å². The molecule has 12 nitrogen and oxygen atoms in total. The summed E-state index contributed by atoms with van der Waals surface area (Å²) < 4.78 is 36.6. The first-order valence-electron chi connectivity index (χ1n) is 10.8. The number of aliphatic hydroxyl groups excluding tert-OH is 2. The lowest BCUT2D eigenvalue weighted by Gasteiger charge is -2.25. The highest BCUT2D eigenvalue weighted by atomic mass is 32.1. The number of nitrogens with one attached hydrogen (secondary N) is 2. The number of carbonyl (C=O) groups is 1. The first-order valence-corrected chi connectivity index (χ1v) is 12.7. The van der Waals surface area contributed by atoms with Crippen LogP contribution in [0.5, 0.6) is 5.75 Å². The maximum absolute atomic E-state index is 13.5. The number of aromatic amines is 1. The first-order chi connectivity index (χ1) is 16.5. The molecular formula is C21H28N3O9PS. The Morgan fingerprint density at radius 3 is 2.54 bits per heavy atom. The Hall–Kier alpha value is -2.38. The summed E-state index contributed by atoms with van der Waals surface area (Å²) in [5, 5.41) is 23.4. The zero-order valence-electron chi connectivity index (χ0n) is 19.3. The quantitative estimate of drug-likeness (QED) is 0.201. The fourth-order valence-corrected chi connectivity index (χ4v) is 4.88. The van der Waals surface area contributed by atoms with Gasteiger partial charge in [-0.2, -0.15) is 5.09 Å². The van der Waals surface area contributed by atoms with E-state index < -0.39 is 62.7 Å². The van der Waals surface area contributed by atoms with Gasteiger partial charge in [-0.1, -0.05) is 30.4 Å². The molecule has 1 saturated heterocycles. The number of carbonyl (C=O) groups excluding carboxylic acids is 1. The van der Waals surface area contributed by atoms with Crippen LogP contribution in [0.4, 0.5) is 0 Å². The van der Waals surface area contributed by atoms with Crippen molar-refractivity contribution in [3.63, 3.8) is 0 Å². The SMILES string of the molecule is CC(C)OC(=O)[C@H](C)NP(=O)(OCC1OC(n2ccc(=S)[nH]c2=O)C(O)C1O)Oc1ccccc1. The molecule has 2 aromatic rings. The van der Waals surface area contributed by atoms with Gasteiger partial charge in [0.05, 0.1) is 12.7 Å². The second-order valence-electron chi connectivity index (χ2n) is 8.10. The maximum atomic E-state index is 13.5. The minimum absolute atomic E-state index is 0.189. The van der Waals surface area contributed by atoms with Gasteiger partial charge in [-0.15, -0.1) is 0 Å². The second-order valence-corrected chi connectivity index (χ2v) is 10.2. The Morgan fingerprint density at radius 1 is 1.23 bits per heavy atom. The van der Waals surface area contributed by atoms with Crippen LogP contribution < -0.4 is 15.3 Å². The van der Waals surface area contributed by atoms with Crippen molar-refractivity contribution in [2.45, 2.75) is 57.5 Å². The molecule has 3 rings (SSSR count). The summed E-state index contributed by atoms with van der Waals surface area (Å²) in [4.78, 5) is 26.8. The van der Waals surface area contributed by atoms with E-state index in [1.165, 1.54) is 19.2 Å². The van der Waals surface area contributed by atoms with Crippen LogP contribution in [0.2, 0.25) is 0 Å². The van der Waals surface area contributed by atoms with E-state index in [-0.39, 0.29) is 10.4 Å². The Bertz CT molecular complexity index is 1170. The fraction of sp³-hybridized carbons (Fsp3) is 0.476. The van der Waals surface area contributed by atoms with E-state index in [1.54, 1.807) is 44.2 Å². The van der Waals surface area contributed by atoms with Crippen molar-refractivity contribution in [1.82, 2.24) is 14.6 Å². The number of benzene rings is 1. The number of aromatic nitrogens is 2. The number of esters is 1. The lowest BCUT2D eigenvalue weighted by atomic mass is 10.1. The Balaban J connectivity index is 1.75. The Morgan fingerprint density at radius 2 is 1.91 bits per heavy atom. The summed E-state index contributed by atoms with van der Waals surface area (Å²) in [5.74, 6) is -0.474. The molecule has 0 bridgehead atoms. The molecule has 1 aliphatic heterocycles. The highest BCUT2D eigenvalue weighted by Crippen LogP contribution is 2.46. The fourth-order valence-electron chi connectivity index (χ4n) is 3.23. The van der Waals surface area contributed by atoms with Crippen molar-refractivity contribution in [1.29, 1.82) is 0 Å². The monoisotopic (exact) mass is 529 g/mol. The minimum Gasteiger partial charge on any atom is -0.462 e. The van der Waals surface area contributed by atoms with E-state index in [2.05, 4.69) is 10.1 Å². The third-order valence-corrected chi connectivity index (χ3v) is 6.78. The van der Waals surface area contributed by atoms with Crippen LogP contribution in [0.25, 0.3) is 0 Å². The van der Waals surface area contributed by atoms with E-state index >= 15 is 0 Å². The van der Waals surface area contributed by atoms with Gasteiger partial charge < -0.3 is 24.2 Å². The minimum atomic E-state index is -4.21. The molecule has 0 aliphatic carbocycles. The third kappa shape index (κ3) is 7.07. The summed E-state index contributed by atoms with van der Waals surface area (Å²) in [5.41, 5.74) is -0.646. The molecule has 1 aromatic carbocycles. The molecule has 14 heteroatoms. The molecular weight excluding hydrogens is 501 g/mol. The van der Waals surface area contributed by atoms with E-state index in [4.69, 9.17) is 30.7 Å². The predicted molar refractivity (Wildman–Crippen MR) is 126 cm³/mol. The summed E-state index contributed by atoms with van der Waals surface area (Å²) in [6, 6.07) is 8.49. The van der Waals surface area contributed by atoms with Crippen LogP contribution in [0.15, 0.2) is 47.4 Å². The molecule has 0 spiro atoms. The topological polar surface area (TPSA) is 161 Å². The first kappa shape index (κ1) is 27.2. The van der Waals surface area contributed by atoms with Gasteiger partial charge in [0.25, 0.3) is 0 Å². The summed E-state index contributed by atoms with van der Waals surface area (Å²) >= 11 is 4.89. The van der Waals surface area contributed by atoms with Crippen molar-refractivity contribution < 1.29 is 38.1 Å². The smallest absolute Gasteiger partial charge is 0.459 e. The van der Waals surface area contributed by atoms with E-state index in [0.29, 0.717) is 0 Å². The number of ether oxygens (including phenoxy) is 2. The Kier molecular flexibility index (Phi) is 9.00. The van der Waals surface area contributed by atoms with Crippen molar-refractivity contribution >= 4 is 25.9 Å². The largest absolute Gasteiger partial charge is 0.462 e. The van der Waals surface area contributed by atoms with Crippen LogP contribution in [-0.4, -0.2) is 62.8 Å². The van der Waals surface area contributed by atoms with Gasteiger partial charge in [0.1, 0.15) is 34.7 Å². The van der Waals surface area contributed by atoms with Crippen LogP contribution in [0.3, 0.4) is 0 Å². The number of H-pyrrole nitrogens is 1. The second kappa shape index (κ2) is 11.6. The van der Waals surface area contributed by atoms with Gasteiger partial charge in [-0.25, -0.2) is 9.36 Å². The van der Waals surface area contributed by atoms with Crippen LogP contribution in [0, 0.1) is 4.64 Å². The van der Waals surface area contributed by atoms with Crippen molar-refractivity contribution in [3.8, 4) is 5.75 Å². The Labute approximate surface area is 206 Å². The van der Waals surface area contributed by atoms with Crippen molar-refractivity contribution in [3.05, 3.63) is 57.7 Å². The molecule has 4 N–H and O–H groups in total. The molecule has 0 saturated carbocycles. The van der Waals surface area contributed by atoms with Gasteiger partial charge in [0.2, 0.25) is 0 Å². The number of hydrogen-bond acceptors (Lipinski definition) is 10. The molecule has 192 valence electrons. The lowest BCUT2D eigenvalue weighted by Crippen LogP contribution is -2.38. The molecule has 35 heavy (non-hydrogen) atoms. The van der Waals surface area contributed by atoms with Gasteiger partial charge >= 0.3 is 19.4 Å². The van der Waals surface area contributed by atoms with Crippen LogP contribution in [0.1, 0.15) is 27.0 Å². The summed E-state index contributed by atoms with van der Waals surface area (Å²) in [6.07, 6.45) is -4.48. The van der Waals surface area contributed by atoms with Crippen LogP contribution in [-0.2, 0) is 23.4 Å². The van der Waals surface area contributed by atoms with Gasteiger partial charge in [-0.05, 0) is 39.0 Å². The number of aliphatic hydroxyl groups is 2. The molecule has 0 radical (unpaired) electrons. The van der Waals surface area contributed by atoms with Gasteiger partial charge in [0.15, 0.2) is 6.23 Å². The molecule has 6 atom stereocenters. The molecule has 2 heterocycles. The third-order valence-electron chi connectivity index (χ3n) is 4.90. The molecule has 0 amide bonds. The average Bonchev–Trinajstić information content (AvgIpc) is 3.06. The van der Waals surface area contributed by atoms with Gasteiger partial charge in [-0.3, -0.25) is 18.9 Å². The normalized spacial score (nSPS) is 24.6. The molecule has 1 fully saturated rings. The number of nitrogens with zero attached hydrogens (tertiary/aromatic N) is 1. The summed E-state index contributed by atoms with van der Waals surface area (Å²) in [7, 11) is -4.21. The number of para-hydroxylation sites is 1. The predicted octanol–water partition coefficient (Wildman–Crippen LogP) is 1.66. The highest BCUT2D eigenvalue weighted by molar-refractivity contribution is 7.71.